The van der Waals surface area contributed by atoms with Gasteiger partial charge >= 0.3 is 0 Å². The van der Waals surface area contributed by atoms with Crippen LogP contribution >= 0.6 is 0 Å². The van der Waals surface area contributed by atoms with E-state index < -0.39 is 4.92 Å². The van der Waals surface area contributed by atoms with E-state index >= 15 is 0 Å². The zero-order valence-electron chi connectivity index (χ0n) is 14.2. The quantitative estimate of drug-likeness (QED) is 0.489. The maximum atomic E-state index is 12.6. The Morgan fingerprint density at radius 2 is 1.92 bits per heavy atom. The molecule has 2 rings (SSSR count). The van der Waals surface area contributed by atoms with E-state index in [2.05, 4.69) is 0 Å². The van der Waals surface area contributed by atoms with Gasteiger partial charge < -0.3 is 20.1 Å². The Morgan fingerprint density at radius 1 is 1.20 bits per heavy atom. The molecule has 0 fully saturated rings. The van der Waals surface area contributed by atoms with Crippen LogP contribution in [-0.4, -0.2) is 37.0 Å². The first-order valence-corrected chi connectivity index (χ1v) is 7.37. The molecular formula is C17H19N3O5. The third kappa shape index (κ3) is 3.97. The Labute approximate surface area is 144 Å². The lowest BCUT2D eigenvalue weighted by molar-refractivity contribution is -0.383. The van der Waals surface area contributed by atoms with E-state index in [1.807, 2.05) is 0 Å². The summed E-state index contributed by atoms with van der Waals surface area (Å²) in [7, 11) is 4.69. The highest BCUT2D eigenvalue weighted by molar-refractivity contribution is 5.95. The Balaban J connectivity index is 2.24. The van der Waals surface area contributed by atoms with E-state index in [0.717, 1.165) is 5.56 Å². The summed E-state index contributed by atoms with van der Waals surface area (Å²) in [4.78, 5) is 24.4. The van der Waals surface area contributed by atoms with Crippen molar-refractivity contribution in [1.82, 2.24) is 4.90 Å². The number of nitro groups is 1. The summed E-state index contributed by atoms with van der Waals surface area (Å²) >= 11 is 0. The van der Waals surface area contributed by atoms with Crippen LogP contribution in [0.15, 0.2) is 36.4 Å². The maximum absolute atomic E-state index is 12.6. The third-order valence-corrected chi connectivity index (χ3v) is 3.72. The molecule has 0 aliphatic carbocycles. The molecule has 0 aliphatic rings. The van der Waals surface area contributed by atoms with Crippen molar-refractivity contribution in [2.45, 2.75) is 6.54 Å². The van der Waals surface area contributed by atoms with E-state index in [9.17, 15) is 14.9 Å². The number of nitro benzene ring substituents is 1. The number of methoxy groups -OCH3 is 2. The minimum Gasteiger partial charge on any atom is -0.497 e. The molecule has 0 saturated heterocycles. The highest BCUT2D eigenvalue weighted by atomic mass is 16.6. The summed E-state index contributed by atoms with van der Waals surface area (Å²) in [5.74, 6) is 0.868. The van der Waals surface area contributed by atoms with Gasteiger partial charge in [-0.1, -0.05) is 0 Å². The lowest BCUT2D eigenvalue weighted by Gasteiger charge is -2.19. The molecule has 132 valence electrons. The number of nitrogens with zero attached hydrogens (tertiary/aromatic N) is 2. The normalized spacial score (nSPS) is 10.2. The minimum atomic E-state index is -0.612. The SMILES string of the molecule is COc1ccc(CN(C)C(=O)c2ccc(N)c([N+](=O)[O-])c2)c(OC)c1. The van der Waals surface area contributed by atoms with Crippen molar-refractivity contribution in [2.75, 3.05) is 27.0 Å². The molecule has 0 aliphatic heterocycles. The predicted octanol–water partition coefficient (Wildman–Crippen LogP) is 2.47. The van der Waals surface area contributed by atoms with Crippen LogP contribution in [0.3, 0.4) is 0 Å². The summed E-state index contributed by atoms with van der Waals surface area (Å²) in [6.07, 6.45) is 0. The lowest BCUT2D eigenvalue weighted by atomic mass is 10.1. The molecule has 8 nitrogen and oxygen atoms in total. The molecule has 0 unspecified atom stereocenters. The first-order chi connectivity index (χ1) is 11.9. The summed E-state index contributed by atoms with van der Waals surface area (Å²) in [6.45, 7) is 0.268. The molecule has 0 bridgehead atoms. The Bertz CT molecular complexity index is 807. The smallest absolute Gasteiger partial charge is 0.292 e. The Hall–Kier alpha value is -3.29. The summed E-state index contributed by atoms with van der Waals surface area (Å²) in [5.41, 5.74) is 6.26. The first-order valence-electron chi connectivity index (χ1n) is 7.37. The lowest BCUT2D eigenvalue weighted by Crippen LogP contribution is -2.26. The number of rotatable bonds is 6. The van der Waals surface area contributed by atoms with Gasteiger partial charge in [0.1, 0.15) is 17.2 Å². The number of carbonyl (C=O) groups excluding carboxylic acids is 1. The molecule has 1 amide bonds. The summed E-state index contributed by atoms with van der Waals surface area (Å²) < 4.78 is 10.5. The zero-order chi connectivity index (χ0) is 18.6. The van der Waals surface area contributed by atoms with Gasteiger partial charge in [0.2, 0.25) is 0 Å². The number of nitrogens with two attached hydrogens (primary N) is 1. The Kier molecular flexibility index (Phi) is 5.43. The van der Waals surface area contributed by atoms with Crippen LogP contribution in [0, 0.1) is 10.1 Å². The molecule has 0 spiro atoms. The van der Waals surface area contributed by atoms with Crippen molar-refractivity contribution in [2.24, 2.45) is 0 Å². The van der Waals surface area contributed by atoms with Gasteiger partial charge in [0, 0.05) is 36.9 Å². The molecule has 2 aromatic rings. The monoisotopic (exact) mass is 345 g/mol. The second kappa shape index (κ2) is 7.52. The van der Waals surface area contributed by atoms with Gasteiger partial charge in [0.25, 0.3) is 11.6 Å². The second-order valence-corrected chi connectivity index (χ2v) is 5.37. The molecule has 25 heavy (non-hydrogen) atoms. The topological polar surface area (TPSA) is 108 Å². The molecular weight excluding hydrogens is 326 g/mol. The molecule has 2 aromatic carbocycles. The van der Waals surface area contributed by atoms with Crippen molar-refractivity contribution >= 4 is 17.3 Å². The number of benzene rings is 2. The fourth-order valence-electron chi connectivity index (χ4n) is 2.37. The van der Waals surface area contributed by atoms with Gasteiger partial charge in [-0.15, -0.1) is 0 Å². The molecule has 0 saturated carbocycles. The highest BCUT2D eigenvalue weighted by Crippen LogP contribution is 2.27. The molecule has 8 heteroatoms. The number of amides is 1. The van der Waals surface area contributed by atoms with Gasteiger partial charge in [-0.3, -0.25) is 14.9 Å². The first kappa shape index (κ1) is 18.1. The number of anilines is 1. The zero-order valence-corrected chi connectivity index (χ0v) is 14.2. The van der Waals surface area contributed by atoms with E-state index in [0.29, 0.717) is 11.5 Å². The van der Waals surface area contributed by atoms with Gasteiger partial charge in [-0.05, 0) is 24.3 Å². The van der Waals surface area contributed by atoms with Crippen LogP contribution in [-0.2, 0) is 6.54 Å². The van der Waals surface area contributed by atoms with E-state index in [-0.39, 0.29) is 29.4 Å². The largest absolute Gasteiger partial charge is 0.497 e. The second-order valence-electron chi connectivity index (χ2n) is 5.37. The molecule has 0 atom stereocenters. The summed E-state index contributed by atoms with van der Waals surface area (Å²) in [5, 5.41) is 11.0. The number of ether oxygens (including phenoxy) is 2. The predicted molar refractivity (Wildman–Crippen MR) is 92.9 cm³/mol. The molecule has 0 heterocycles. The number of carbonyl (C=O) groups is 1. The number of hydrogen-bond donors (Lipinski definition) is 1. The maximum Gasteiger partial charge on any atom is 0.292 e. The van der Waals surface area contributed by atoms with E-state index in [1.165, 1.54) is 30.2 Å². The molecule has 2 N–H and O–H groups in total. The van der Waals surface area contributed by atoms with Crippen LogP contribution in [0.4, 0.5) is 11.4 Å². The minimum absolute atomic E-state index is 0.0148. The third-order valence-electron chi connectivity index (χ3n) is 3.72. The van der Waals surface area contributed by atoms with Gasteiger partial charge in [-0.2, -0.15) is 0 Å². The standard InChI is InChI=1S/C17H19N3O5/c1-19(10-12-4-6-13(24-2)9-16(12)25-3)17(21)11-5-7-14(18)15(8-11)20(22)23/h4-9H,10,18H2,1-3H3. The number of nitrogen functional groups attached to an aromatic ring is 1. The van der Waals surface area contributed by atoms with E-state index in [4.69, 9.17) is 15.2 Å². The van der Waals surface area contributed by atoms with Crippen molar-refractivity contribution in [1.29, 1.82) is 0 Å². The van der Waals surface area contributed by atoms with Gasteiger partial charge in [-0.25, -0.2) is 0 Å². The number of hydrogen-bond acceptors (Lipinski definition) is 6. The van der Waals surface area contributed by atoms with Crippen molar-refractivity contribution in [3.63, 3.8) is 0 Å². The van der Waals surface area contributed by atoms with Crippen LogP contribution in [0.1, 0.15) is 15.9 Å². The molecule has 0 radical (unpaired) electrons. The van der Waals surface area contributed by atoms with Gasteiger partial charge in [0.15, 0.2) is 0 Å². The van der Waals surface area contributed by atoms with Crippen LogP contribution in [0.25, 0.3) is 0 Å². The molecule has 0 aromatic heterocycles. The Morgan fingerprint density at radius 3 is 2.52 bits per heavy atom. The highest BCUT2D eigenvalue weighted by Gasteiger charge is 2.19. The van der Waals surface area contributed by atoms with Crippen molar-refractivity contribution < 1.29 is 19.2 Å². The summed E-state index contributed by atoms with van der Waals surface area (Å²) in [6, 6.07) is 9.29. The van der Waals surface area contributed by atoms with Crippen LogP contribution in [0.5, 0.6) is 11.5 Å². The van der Waals surface area contributed by atoms with Crippen LogP contribution < -0.4 is 15.2 Å². The van der Waals surface area contributed by atoms with Gasteiger partial charge in [0.05, 0.1) is 19.1 Å². The average molecular weight is 345 g/mol. The average Bonchev–Trinajstić information content (AvgIpc) is 2.61. The fourth-order valence-corrected chi connectivity index (χ4v) is 2.37. The fraction of sp³-hybridized carbons (Fsp3) is 0.235. The van der Waals surface area contributed by atoms with Crippen molar-refractivity contribution in [3.05, 3.63) is 57.6 Å². The van der Waals surface area contributed by atoms with Crippen LogP contribution in [0.2, 0.25) is 0 Å². The van der Waals surface area contributed by atoms with Crippen molar-refractivity contribution in [3.8, 4) is 11.5 Å². The van der Waals surface area contributed by atoms with E-state index in [1.54, 1.807) is 32.4 Å².